The third kappa shape index (κ3) is 6.87. The van der Waals surface area contributed by atoms with E-state index in [1.807, 2.05) is 37.1 Å². The van der Waals surface area contributed by atoms with Crippen molar-refractivity contribution in [3.05, 3.63) is 24.3 Å². The molecule has 0 bridgehead atoms. The van der Waals surface area contributed by atoms with E-state index < -0.39 is 11.7 Å². The van der Waals surface area contributed by atoms with Crippen LogP contribution in [0.5, 0.6) is 0 Å². The van der Waals surface area contributed by atoms with Crippen molar-refractivity contribution >= 4 is 0 Å². The van der Waals surface area contributed by atoms with E-state index in [1.54, 1.807) is 6.08 Å². The molecule has 0 heterocycles. The third-order valence-electron chi connectivity index (χ3n) is 2.74. The second kappa shape index (κ2) is 9.22. The van der Waals surface area contributed by atoms with Crippen molar-refractivity contribution < 1.29 is 8.78 Å². The Morgan fingerprint density at radius 2 is 1.72 bits per heavy atom. The van der Waals surface area contributed by atoms with Crippen molar-refractivity contribution in [2.24, 2.45) is 11.8 Å². The monoisotopic (exact) mass is 260 g/mol. The van der Waals surface area contributed by atoms with Crippen LogP contribution < -0.4 is 0 Å². The van der Waals surface area contributed by atoms with Gasteiger partial charge in [0.2, 0.25) is 0 Å². The zero-order valence-electron chi connectivity index (χ0n) is 12.2. The first-order chi connectivity index (χ1) is 8.42. The highest BCUT2D eigenvalue weighted by Gasteiger charge is 2.17. The minimum atomic E-state index is -0.718. The van der Waals surface area contributed by atoms with Gasteiger partial charge in [0.1, 0.15) is 12.2 Å². The highest BCUT2D eigenvalue weighted by Crippen LogP contribution is 2.17. The number of hydrogen-bond acceptors (Lipinski definition) is 2. The van der Waals surface area contributed by atoms with Gasteiger partial charge in [-0.25, -0.2) is 18.8 Å². The van der Waals surface area contributed by atoms with E-state index >= 15 is 0 Å². The van der Waals surface area contributed by atoms with Crippen LogP contribution in [-0.4, -0.2) is 37.2 Å². The van der Waals surface area contributed by atoms with Gasteiger partial charge in [-0.2, -0.15) is 0 Å². The maximum atomic E-state index is 13.4. The van der Waals surface area contributed by atoms with Gasteiger partial charge in [0, 0.05) is 33.1 Å². The topological polar surface area (TPSA) is 6.48 Å². The Labute approximate surface area is 110 Å². The van der Waals surface area contributed by atoms with E-state index in [4.69, 9.17) is 0 Å². The fourth-order valence-electron chi connectivity index (χ4n) is 1.71. The summed E-state index contributed by atoms with van der Waals surface area (Å²) in [7, 11) is 3.85. The fourth-order valence-corrected chi connectivity index (χ4v) is 1.71. The van der Waals surface area contributed by atoms with Crippen LogP contribution >= 0.6 is 0 Å². The zero-order chi connectivity index (χ0) is 14.1. The van der Waals surface area contributed by atoms with Gasteiger partial charge in [0.25, 0.3) is 0 Å². The standard InChI is InChI=1S/C14H26F2N2/c1-6-7-8-13(14(16)9-15)11-18(5)17(4)10-12(2)3/h7-9,12-13H,6,10-11H2,1-5H3/b8-7?,14-9-. The van der Waals surface area contributed by atoms with Crippen molar-refractivity contribution in [3.63, 3.8) is 0 Å². The summed E-state index contributed by atoms with van der Waals surface area (Å²) in [4.78, 5) is 0. The van der Waals surface area contributed by atoms with Crippen LogP contribution in [-0.2, 0) is 0 Å². The molecule has 106 valence electrons. The highest BCUT2D eigenvalue weighted by molar-refractivity contribution is 5.05. The molecular formula is C14H26F2N2. The molecule has 0 aromatic heterocycles. The van der Waals surface area contributed by atoms with E-state index in [-0.39, 0.29) is 6.33 Å². The Morgan fingerprint density at radius 3 is 2.17 bits per heavy atom. The highest BCUT2D eigenvalue weighted by atomic mass is 19.2. The molecule has 1 atom stereocenters. The molecule has 0 rings (SSSR count). The van der Waals surface area contributed by atoms with Gasteiger partial charge in [-0.3, -0.25) is 0 Å². The van der Waals surface area contributed by atoms with Crippen LogP contribution in [0.25, 0.3) is 0 Å². The summed E-state index contributed by atoms with van der Waals surface area (Å²) in [6.45, 7) is 7.55. The summed E-state index contributed by atoms with van der Waals surface area (Å²) in [6, 6.07) is 0. The quantitative estimate of drug-likeness (QED) is 0.484. The molecule has 0 amide bonds. The molecule has 0 aromatic carbocycles. The molecule has 4 heteroatoms. The number of halogens is 2. The Bertz CT molecular complexity index is 275. The molecule has 2 nitrogen and oxygen atoms in total. The smallest absolute Gasteiger partial charge is 0.136 e. The van der Waals surface area contributed by atoms with Gasteiger partial charge in [0.05, 0.1) is 0 Å². The minimum absolute atomic E-state index is 0.0565. The molecule has 0 N–H and O–H groups in total. The number of allylic oxidation sites excluding steroid dienone is 1. The lowest BCUT2D eigenvalue weighted by Gasteiger charge is -2.31. The molecule has 0 aliphatic heterocycles. The van der Waals surface area contributed by atoms with Crippen molar-refractivity contribution in [3.8, 4) is 0 Å². The third-order valence-corrected chi connectivity index (χ3v) is 2.74. The maximum Gasteiger partial charge on any atom is 0.136 e. The van der Waals surface area contributed by atoms with E-state index in [0.717, 1.165) is 13.0 Å². The van der Waals surface area contributed by atoms with Gasteiger partial charge in [-0.1, -0.05) is 32.9 Å². The molecule has 1 unspecified atom stereocenters. The molecule has 0 fully saturated rings. The fraction of sp³-hybridized carbons (Fsp3) is 0.714. The van der Waals surface area contributed by atoms with E-state index in [2.05, 4.69) is 13.8 Å². The Balaban J connectivity index is 4.52. The SMILES string of the molecule is CCC=CC(CN(C)N(C)CC(C)C)/C(F)=C/F. The first-order valence-corrected chi connectivity index (χ1v) is 6.46. The second-order valence-electron chi connectivity index (χ2n) is 5.01. The van der Waals surface area contributed by atoms with Crippen LogP contribution in [0.15, 0.2) is 24.3 Å². The summed E-state index contributed by atoms with van der Waals surface area (Å²) >= 11 is 0. The molecule has 0 aliphatic rings. The number of rotatable bonds is 8. The van der Waals surface area contributed by atoms with Gasteiger partial charge in [-0.15, -0.1) is 0 Å². The average molecular weight is 260 g/mol. The van der Waals surface area contributed by atoms with Crippen molar-refractivity contribution in [2.75, 3.05) is 27.2 Å². The lowest BCUT2D eigenvalue weighted by molar-refractivity contribution is 0.00936. The van der Waals surface area contributed by atoms with Gasteiger partial charge in [0.15, 0.2) is 0 Å². The van der Waals surface area contributed by atoms with Crippen molar-refractivity contribution in [1.82, 2.24) is 10.0 Å². The lowest BCUT2D eigenvalue weighted by Crippen LogP contribution is -2.41. The normalized spacial score (nSPS) is 15.3. The summed E-state index contributed by atoms with van der Waals surface area (Å²) in [5.41, 5.74) is 0. The van der Waals surface area contributed by atoms with Gasteiger partial charge >= 0.3 is 0 Å². The summed E-state index contributed by atoms with van der Waals surface area (Å²) in [6.07, 6.45) is 4.47. The van der Waals surface area contributed by atoms with Crippen LogP contribution in [0.3, 0.4) is 0 Å². The van der Waals surface area contributed by atoms with Crippen LogP contribution in [0.4, 0.5) is 8.78 Å². The molecule has 18 heavy (non-hydrogen) atoms. The lowest BCUT2D eigenvalue weighted by atomic mass is 10.1. The Kier molecular flexibility index (Phi) is 8.85. The van der Waals surface area contributed by atoms with Crippen LogP contribution in [0, 0.1) is 11.8 Å². The molecule has 0 spiro atoms. The minimum Gasteiger partial charge on any atom is -0.245 e. The number of nitrogens with zero attached hydrogens (tertiary/aromatic N) is 2. The summed E-state index contributed by atoms with van der Waals surface area (Å²) in [5, 5.41) is 3.96. The first kappa shape index (κ1) is 17.3. The molecule has 0 radical (unpaired) electrons. The molecule has 0 saturated heterocycles. The summed E-state index contributed by atoms with van der Waals surface area (Å²) < 4.78 is 25.7. The molecule has 0 aliphatic carbocycles. The van der Waals surface area contributed by atoms with Gasteiger partial charge < -0.3 is 0 Å². The second-order valence-corrected chi connectivity index (χ2v) is 5.01. The largest absolute Gasteiger partial charge is 0.245 e. The summed E-state index contributed by atoms with van der Waals surface area (Å²) in [5.74, 6) is -0.706. The molecular weight excluding hydrogens is 234 g/mol. The predicted molar refractivity (Wildman–Crippen MR) is 73.3 cm³/mol. The average Bonchev–Trinajstić information content (AvgIpc) is 2.32. The van der Waals surface area contributed by atoms with Crippen LogP contribution in [0.2, 0.25) is 0 Å². The molecule has 0 saturated carbocycles. The van der Waals surface area contributed by atoms with E-state index in [0.29, 0.717) is 12.5 Å². The number of hydrazine groups is 1. The van der Waals surface area contributed by atoms with Crippen molar-refractivity contribution in [1.29, 1.82) is 0 Å². The van der Waals surface area contributed by atoms with E-state index in [1.165, 1.54) is 0 Å². The zero-order valence-corrected chi connectivity index (χ0v) is 12.2. The predicted octanol–water partition coefficient (Wildman–Crippen LogP) is 3.78. The van der Waals surface area contributed by atoms with E-state index in [9.17, 15) is 8.78 Å². The van der Waals surface area contributed by atoms with Crippen molar-refractivity contribution in [2.45, 2.75) is 27.2 Å². The maximum absolute atomic E-state index is 13.4. The Hall–Kier alpha value is -0.740. The van der Waals surface area contributed by atoms with Crippen LogP contribution in [0.1, 0.15) is 27.2 Å². The first-order valence-electron chi connectivity index (χ1n) is 6.46. The molecule has 0 aromatic rings. The Morgan fingerprint density at radius 1 is 1.17 bits per heavy atom. The number of hydrogen-bond donors (Lipinski definition) is 0. The van der Waals surface area contributed by atoms with Gasteiger partial charge in [-0.05, 0) is 12.3 Å².